The van der Waals surface area contributed by atoms with E-state index in [0.717, 1.165) is 22.3 Å². The molecule has 4 rings (SSSR count). The molecule has 0 fully saturated rings. The topological polar surface area (TPSA) is 145 Å². The highest BCUT2D eigenvalue weighted by atomic mass is 32.1. The van der Waals surface area contributed by atoms with E-state index in [1.807, 2.05) is 31.2 Å². The normalized spacial score (nSPS) is 11.1. The third-order valence-electron chi connectivity index (χ3n) is 4.16. The minimum atomic E-state index is -0.659. The minimum Gasteiger partial charge on any atom is -0.456 e. The molecule has 1 aromatic carbocycles. The number of carbonyl (C=O) groups excluding carboxylic acids is 1. The van der Waals surface area contributed by atoms with Crippen molar-refractivity contribution in [3.05, 3.63) is 40.3 Å². The number of nitrogens with zero attached hydrogens (tertiary/aromatic N) is 2. The van der Waals surface area contributed by atoms with Gasteiger partial charge in [-0.05, 0) is 25.1 Å². The van der Waals surface area contributed by atoms with Crippen LogP contribution in [0.2, 0.25) is 0 Å². The van der Waals surface area contributed by atoms with E-state index in [1.165, 1.54) is 0 Å². The van der Waals surface area contributed by atoms with E-state index in [0.29, 0.717) is 27.1 Å². The van der Waals surface area contributed by atoms with E-state index in [9.17, 15) is 10.1 Å². The highest BCUT2D eigenvalue weighted by Gasteiger charge is 2.25. The molecule has 0 saturated heterocycles. The van der Waals surface area contributed by atoms with E-state index in [-0.39, 0.29) is 21.9 Å². The molecule has 3 aromatic heterocycles. The van der Waals surface area contributed by atoms with Crippen LogP contribution in [0.3, 0.4) is 0 Å². The maximum absolute atomic E-state index is 11.7. The smallest absolute Gasteiger partial charge is 0.260 e. The van der Waals surface area contributed by atoms with Crippen LogP contribution in [0.15, 0.2) is 28.7 Å². The molecule has 0 aliphatic carbocycles. The second-order valence-electron chi connectivity index (χ2n) is 5.90. The van der Waals surface area contributed by atoms with Gasteiger partial charge in [0.2, 0.25) is 0 Å². The van der Waals surface area contributed by atoms with Crippen LogP contribution < -0.4 is 17.2 Å². The van der Waals surface area contributed by atoms with Crippen molar-refractivity contribution in [2.45, 2.75) is 6.92 Å². The van der Waals surface area contributed by atoms with Crippen LogP contribution in [-0.2, 0) is 0 Å². The van der Waals surface area contributed by atoms with Gasteiger partial charge in [0.25, 0.3) is 5.91 Å². The molecule has 8 heteroatoms. The molecule has 0 bridgehead atoms. The lowest BCUT2D eigenvalue weighted by Crippen LogP contribution is -2.10. The summed E-state index contributed by atoms with van der Waals surface area (Å²) in [6, 6.07) is 9.64. The van der Waals surface area contributed by atoms with Crippen LogP contribution >= 0.6 is 11.3 Å². The molecule has 4 aromatic rings. The zero-order valence-corrected chi connectivity index (χ0v) is 14.5. The van der Waals surface area contributed by atoms with Crippen LogP contribution in [0.5, 0.6) is 0 Å². The molecule has 1 amide bonds. The van der Waals surface area contributed by atoms with Crippen molar-refractivity contribution >= 4 is 49.9 Å². The molecule has 7 nitrogen and oxygen atoms in total. The van der Waals surface area contributed by atoms with Crippen molar-refractivity contribution in [2.24, 2.45) is 5.73 Å². The molecule has 0 aliphatic rings. The number of anilines is 2. The summed E-state index contributed by atoms with van der Waals surface area (Å²) in [7, 11) is 0. The van der Waals surface area contributed by atoms with Crippen LogP contribution in [0, 0.1) is 18.3 Å². The van der Waals surface area contributed by atoms with Crippen LogP contribution in [-0.4, -0.2) is 10.9 Å². The summed E-state index contributed by atoms with van der Waals surface area (Å²) < 4.78 is 5.94. The number of thiophene rings is 1. The number of nitrogens with two attached hydrogens (primary N) is 3. The molecule has 0 radical (unpaired) electrons. The number of hydrogen-bond acceptors (Lipinski definition) is 7. The third kappa shape index (κ3) is 2.18. The number of pyridine rings is 1. The number of rotatable bonds is 2. The zero-order chi connectivity index (χ0) is 18.6. The Morgan fingerprint density at radius 1 is 1.31 bits per heavy atom. The van der Waals surface area contributed by atoms with Crippen LogP contribution in [0.1, 0.15) is 20.8 Å². The predicted molar refractivity (Wildman–Crippen MR) is 102 cm³/mol. The maximum Gasteiger partial charge on any atom is 0.260 e. The van der Waals surface area contributed by atoms with Gasteiger partial charge in [0.1, 0.15) is 38.5 Å². The zero-order valence-electron chi connectivity index (χ0n) is 13.7. The van der Waals surface area contributed by atoms with Gasteiger partial charge < -0.3 is 21.6 Å². The molecule has 6 N–H and O–H groups in total. The molecule has 26 heavy (non-hydrogen) atoms. The van der Waals surface area contributed by atoms with Gasteiger partial charge in [0.05, 0.1) is 11.3 Å². The fraction of sp³-hybridized carbons (Fsp3) is 0.0556. The molecular weight excluding hydrogens is 350 g/mol. The number of hydrogen-bond donors (Lipinski definition) is 3. The summed E-state index contributed by atoms with van der Waals surface area (Å²) in [5.41, 5.74) is 20.0. The van der Waals surface area contributed by atoms with Gasteiger partial charge >= 0.3 is 0 Å². The number of aromatic nitrogens is 1. The number of furan rings is 1. The molecule has 0 saturated carbocycles. The van der Waals surface area contributed by atoms with E-state index in [4.69, 9.17) is 21.6 Å². The number of aryl methyl sites for hydroxylation is 1. The molecule has 0 unspecified atom stereocenters. The minimum absolute atomic E-state index is 0.0453. The standard InChI is InChI=1S/C18H13N5O2S/c1-7-2-3-10-8(4-7)5-11(25-10)12-9(6-19)16(21)23-18-13(12)14(20)15(26-18)17(22)24/h2-5H,20H2,1H3,(H2,21,23)(H2,22,24). The van der Waals surface area contributed by atoms with E-state index in [1.54, 1.807) is 0 Å². The Morgan fingerprint density at radius 3 is 2.77 bits per heavy atom. The number of fused-ring (bicyclic) bond motifs is 2. The van der Waals surface area contributed by atoms with Gasteiger partial charge in [-0.1, -0.05) is 11.6 Å². The number of nitrogen functional groups attached to an aromatic ring is 2. The first-order valence-electron chi connectivity index (χ1n) is 7.62. The van der Waals surface area contributed by atoms with Gasteiger partial charge in [-0.25, -0.2) is 4.98 Å². The SMILES string of the molecule is Cc1ccc2oc(-c3c(C#N)c(N)nc4sc(C(N)=O)c(N)c34)cc2c1. The van der Waals surface area contributed by atoms with Gasteiger partial charge in [0.15, 0.2) is 0 Å². The summed E-state index contributed by atoms with van der Waals surface area (Å²) in [4.78, 5) is 16.5. The van der Waals surface area contributed by atoms with E-state index >= 15 is 0 Å². The van der Waals surface area contributed by atoms with Crippen molar-refractivity contribution in [3.63, 3.8) is 0 Å². The Morgan fingerprint density at radius 2 is 2.08 bits per heavy atom. The first kappa shape index (κ1) is 15.9. The molecule has 0 atom stereocenters. The number of primary amides is 1. The Hall–Kier alpha value is -3.57. The van der Waals surface area contributed by atoms with Crippen molar-refractivity contribution in [1.29, 1.82) is 5.26 Å². The highest BCUT2D eigenvalue weighted by Crippen LogP contribution is 2.43. The number of carbonyl (C=O) groups is 1. The maximum atomic E-state index is 11.7. The largest absolute Gasteiger partial charge is 0.456 e. The summed E-state index contributed by atoms with van der Waals surface area (Å²) in [5.74, 6) is -0.181. The Balaban J connectivity index is 2.15. The number of benzene rings is 1. The monoisotopic (exact) mass is 363 g/mol. The van der Waals surface area contributed by atoms with Crippen LogP contribution in [0.4, 0.5) is 11.5 Å². The Bertz CT molecular complexity index is 1260. The third-order valence-corrected chi connectivity index (χ3v) is 5.27. The van der Waals surface area contributed by atoms with Gasteiger partial charge in [-0.2, -0.15) is 5.26 Å². The quantitative estimate of drug-likeness (QED) is 0.499. The summed E-state index contributed by atoms with van der Waals surface area (Å²) in [6.07, 6.45) is 0. The second-order valence-corrected chi connectivity index (χ2v) is 6.90. The van der Waals surface area contributed by atoms with Crippen molar-refractivity contribution in [1.82, 2.24) is 4.98 Å². The Labute approximate surface area is 151 Å². The fourth-order valence-electron chi connectivity index (χ4n) is 3.00. The van der Waals surface area contributed by atoms with E-state index < -0.39 is 5.91 Å². The van der Waals surface area contributed by atoms with Crippen molar-refractivity contribution in [2.75, 3.05) is 11.5 Å². The first-order valence-corrected chi connectivity index (χ1v) is 8.44. The summed E-state index contributed by atoms with van der Waals surface area (Å²) in [6.45, 7) is 1.98. The van der Waals surface area contributed by atoms with Gasteiger partial charge in [-0.3, -0.25) is 4.79 Å². The lowest BCUT2D eigenvalue weighted by atomic mass is 10.0. The molecule has 0 aliphatic heterocycles. The predicted octanol–water partition coefficient (Wildman–Crippen LogP) is 3.15. The van der Waals surface area contributed by atoms with Crippen LogP contribution in [0.25, 0.3) is 32.5 Å². The summed E-state index contributed by atoms with van der Waals surface area (Å²) >= 11 is 1.04. The molecule has 0 spiro atoms. The Kier molecular flexibility index (Phi) is 3.35. The summed E-state index contributed by atoms with van der Waals surface area (Å²) in [5, 5.41) is 10.9. The van der Waals surface area contributed by atoms with Crippen molar-refractivity contribution in [3.8, 4) is 17.4 Å². The lowest BCUT2D eigenvalue weighted by molar-refractivity contribution is 0.100. The second kappa shape index (κ2) is 5.47. The number of nitriles is 1. The van der Waals surface area contributed by atoms with Gasteiger partial charge in [-0.15, -0.1) is 11.3 Å². The number of amides is 1. The highest BCUT2D eigenvalue weighted by molar-refractivity contribution is 7.21. The fourth-order valence-corrected chi connectivity index (χ4v) is 3.96. The first-order chi connectivity index (χ1) is 12.4. The van der Waals surface area contributed by atoms with Gasteiger partial charge in [0, 0.05) is 10.8 Å². The average Bonchev–Trinajstić information content (AvgIpc) is 3.14. The van der Waals surface area contributed by atoms with Crippen molar-refractivity contribution < 1.29 is 9.21 Å². The molecule has 3 heterocycles. The van der Waals surface area contributed by atoms with E-state index in [2.05, 4.69) is 11.1 Å². The average molecular weight is 363 g/mol. The molecular formula is C18H13N5O2S. The lowest BCUT2D eigenvalue weighted by Gasteiger charge is -2.06. The molecule has 128 valence electrons.